The second-order valence-electron chi connectivity index (χ2n) is 8.16. The van der Waals surface area contributed by atoms with E-state index in [0.717, 1.165) is 41.6 Å². The van der Waals surface area contributed by atoms with Gasteiger partial charge in [-0.3, -0.25) is 4.90 Å². The summed E-state index contributed by atoms with van der Waals surface area (Å²) < 4.78 is 17.0. The van der Waals surface area contributed by atoms with E-state index in [-0.39, 0.29) is 12.1 Å². The van der Waals surface area contributed by atoms with Crippen molar-refractivity contribution in [2.45, 2.75) is 51.2 Å². The zero-order valence-corrected chi connectivity index (χ0v) is 18.5. The zero-order valence-electron chi connectivity index (χ0n) is 18.5. The Morgan fingerprint density at radius 2 is 2.28 bits per heavy atom. The van der Waals surface area contributed by atoms with Crippen LogP contribution in [0.4, 0.5) is 4.79 Å². The molecular weight excluding hydrogens is 408 g/mol. The molecule has 1 aromatic rings. The number of aliphatic hydroxyl groups excluding tert-OH is 1. The van der Waals surface area contributed by atoms with Gasteiger partial charge in [-0.15, -0.1) is 0 Å². The largest absolute Gasteiger partial charge is 0.478 e. The molecular formula is C25H30N2O5. The number of ether oxygens (including phenoxy) is 3. The van der Waals surface area contributed by atoms with Crippen molar-refractivity contribution in [3.05, 3.63) is 41.0 Å². The molecule has 0 aliphatic carbocycles. The fraction of sp³-hybridized carbons (Fsp3) is 0.520. The van der Waals surface area contributed by atoms with Crippen molar-refractivity contribution in [3.63, 3.8) is 0 Å². The fourth-order valence-electron chi connectivity index (χ4n) is 4.00. The van der Waals surface area contributed by atoms with Gasteiger partial charge in [0.15, 0.2) is 5.90 Å². The third kappa shape index (κ3) is 5.57. The SMILES string of the molecule is CCCC(O)C#Cc1ccc2c(c1)CCN1C(=O)N=C(OCC3COCCCO3)CC=C21. The fourth-order valence-corrected chi connectivity index (χ4v) is 4.00. The van der Waals surface area contributed by atoms with Crippen LogP contribution < -0.4 is 0 Å². The minimum absolute atomic E-state index is 0.148. The summed E-state index contributed by atoms with van der Waals surface area (Å²) >= 11 is 0. The molecule has 2 atom stereocenters. The number of amides is 2. The number of aliphatic hydroxyl groups is 1. The van der Waals surface area contributed by atoms with Crippen LogP contribution in [-0.4, -0.2) is 67.1 Å². The summed E-state index contributed by atoms with van der Waals surface area (Å²) in [7, 11) is 0. The second-order valence-corrected chi connectivity index (χ2v) is 8.16. The van der Waals surface area contributed by atoms with E-state index in [0.29, 0.717) is 51.7 Å². The molecule has 0 radical (unpaired) electrons. The van der Waals surface area contributed by atoms with Gasteiger partial charge in [0.25, 0.3) is 0 Å². The monoisotopic (exact) mass is 438 g/mol. The van der Waals surface area contributed by atoms with Crippen LogP contribution in [0.25, 0.3) is 5.70 Å². The molecule has 0 bridgehead atoms. The number of hydrogen-bond acceptors (Lipinski definition) is 5. The van der Waals surface area contributed by atoms with E-state index in [2.05, 4.69) is 22.9 Å². The molecule has 0 aromatic heterocycles. The molecule has 3 aliphatic heterocycles. The van der Waals surface area contributed by atoms with Crippen LogP contribution in [0.1, 0.15) is 49.3 Å². The van der Waals surface area contributed by atoms with Crippen LogP contribution in [0.3, 0.4) is 0 Å². The smallest absolute Gasteiger partial charge is 0.351 e. The quantitative estimate of drug-likeness (QED) is 0.731. The van der Waals surface area contributed by atoms with E-state index in [1.165, 1.54) is 0 Å². The summed E-state index contributed by atoms with van der Waals surface area (Å²) in [5, 5.41) is 9.86. The van der Waals surface area contributed by atoms with Crippen molar-refractivity contribution in [2.75, 3.05) is 33.0 Å². The third-order valence-electron chi connectivity index (χ3n) is 5.67. The number of carbonyl (C=O) groups is 1. The first kappa shape index (κ1) is 22.5. The molecule has 1 fully saturated rings. The average Bonchev–Trinajstić information content (AvgIpc) is 3.15. The number of aliphatic imine (C=N–C) groups is 1. The van der Waals surface area contributed by atoms with Crippen molar-refractivity contribution < 1.29 is 24.1 Å². The Kier molecular flexibility index (Phi) is 7.59. The van der Waals surface area contributed by atoms with Crippen LogP contribution in [0.5, 0.6) is 0 Å². The Morgan fingerprint density at radius 3 is 3.16 bits per heavy atom. The van der Waals surface area contributed by atoms with Gasteiger partial charge in [-0.2, -0.15) is 4.99 Å². The summed E-state index contributed by atoms with van der Waals surface area (Å²) in [6, 6.07) is 5.68. The van der Waals surface area contributed by atoms with Gasteiger partial charge in [0.1, 0.15) is 18.8 Å². The van der Waals surface area contributed by atoms with Crippen LogP contribution in [-0.2, 0) is 20.6 Å². The first-order valence-corrected chi connectivity index (χ1v) is 11.4. The lowest BCUT2D eigenvalue weighted by Crippen LogP contribution is -2.33. The molecule has 2 unspecified atom stereocenters. The number of benzene rings is 1. The lowest BCUT2D eigenvalue weighted by molar-refractivity contribution is -0.00503. The van der Waals surface area contributed by atoms with Gasteiger partial charge in [-0.25, -0.2) is 4.79 Å². The summed E-state index contributed by atoms with van der Waals surface area (Å²) in [5.74, 6) is 6.37. The highest BCUT2D eigenvalue weighted by Gasteiger charge is 2.28. The Bertz CT molecular complexity index is 951. The Hall–Kier alpha value is -2.66. The Labute approximate surface area is 189 Å². The number of hydrogen-bond donors (Lipinski definition) is 1. The molecule has 1 N–H and O–H groups in total. The summed E-state index contributed by atoms with van der Waals surface area (Å²) in [6.45, 7) is 4.74. The van der Waals surface area contributed by atoms with Crippen molar-refractivity contribution in [1.82, 2.24) is 4.90 Å². The van der Waals surface area contributed by atoms with Crippen LogP contribution >= 0.6 is 0 Å². The van der Waals surface area contributed by atoms with E-state index in [4.69, 9.17) is 14.2 Å². The summed E-state index contributed by atoms with van der Waals surface area (Å²) in [6.07, 6.45) is 4.87. The van der Waals surface area contributed by atoms with Gasteiger partial charge in [0.2, 0.25) is 0 Å². The van der Waals surface area contributed by atoms with E-state index in [1.54, 1.807) is 4.90 Å². The van der Waals surface area contributed by atoms with Crippen molar-refractivity contribution in [1.29, 1.82) is 0 Å². The van der Waals surface area contributed by atoms with E-state index in [1.807, 2.05) is 25.1 Å². The standard InChI is InChI=1S/C25H30N2O5/c1-2-4-20(28)7-5-18-6-8-22-19(15-18)11-12-27-23(22)9-10-24(26-25(27)29)32-17-21-16-30-13-3-14-31-21/h6,8-9,15,20-21,28H,2-4,10-14,16-17H2,1H3. The number of carbonyl (C=O) groups excluding carboxylic acids is 1. The zero-order chi connectivity index (χ0) is 22.3. The molecule has 1 saturated heterocycles. The van der Waals surface area contributed by atoms with Crippen LogP contribution in [0.2, 0.25) is 0 Å². The lowest BCUT2D eigenvalue weighted by atomic mass is 9.94. The molecule has 0 saturated carbocycles. The van der Waals surface area contributed by atoms with Gasteiger partial charge in [0, 0.05) is 43.0 Å². The minimum atomic E-state index is -0.598. The summed E-state index contributed by atoms with van der Waals surface area (Å²) in [4.78, 5) is 18.7. The number of fused-ring (bicyclic) bond motifs is 3. The maximum atomic E-state index is 12.8. The van der Waals surface area contributed by atoms with Crippen molar-refractivity contribution >= 4 is 17.6 Å². The van der Waals surface area contributed by atoms with Crippen LogP contribution in [0.15, 0.2) is 29.3 Å². The number of urea groups is 1. The first-order chi connectivity index (χ1) is 15.6. The van der Waals surface area contributed by atoms with Crippen LogP contribution in [0, 0.1) is 11.8 Å². The predicted octanol–water partition coefficient (Wildman–Crippen LogP) is 3.14. The number of rotatable bonds is 4. The highest BCUT2D eigenvalue weighted by molar-refractivity contribution is 5.98. The molecule has 7 heteroatoms. The predicted molar refractivity (Wildman–Crippen MR) is 121 cm³/mol. The maximum Gasteiger partial charge on any atom is 0.351 e. The molecule has 3 heterocycles. The minimum Gasteiger partial charge on any atom is -0.478 e. The van der Waals surface area contributed by atoms with Gasteiger partial charge in [-0.1, -0.05) is 37.3 Å². The van der Waals surface area contributed by atoms with E-state index in [9.17, 15) is 9.90 Å². The second kappa shape index (κ2) is 10.8. The molecule has 170 valence electrons. The van der Waals surface area contributed by atoms with Crippen molar-refractivity contribution in [3.8, 4) is 11.8 Å². The Morgan fingerprint density at radius 1 is 1.38 bits per heavy atom. The number of nitrogens with zero attached hydrogens (tertiary/aromatic N) is 2. The summed E-state index contributed by atoms with van der Waals surface area (Å²) in [5.41, 5.74) is 3.89. The van der Waals surface area contributed by atoms with Gasteiger partial charge in [-0.05, 0) is 37.0 Å². The average molecular weight is 439 g/mol. The molecule has 32 heavy (non-hydrogen) atoms. The van der Waals surface area contributed by atoms with E-state index < -0.39 is 6.10 Å². The molecule has 2 amide bonds. The highest BCUT2D eigenvalue weighted by atomic mass is 16.6. The lowest BCUT2D eigenvalue weighted by Gasteiger charge is -2.29. The molecule has 4 rings (SSSR count). The first-order valence-electron chi connectivity index (χ1n) is 11.4. The molecule has 0 spiro atoms. The van der Waals surface area contributed by atoms with Crippen molar-refractivity contribution in [2.24, 2.45) is 4.99 Å². The highest BCUT2D eigenvalue weighted by Crippen LogP contribution is 2.32. The normalized spacial score (nSPS) is 21.6. The topological polar surface area (TPSA) is 80.6 Å². The molecule has 7 nitrogen and oxygen atoms in total. The Balaban J connectivity index is 1.46. The molecule has 1 aromatic carbocycles. The van der Waals surface area contributed by atoms with E-state index >= 15 is 0 Å². The molecule has 3 aliphatic rings. The third-order valence-corrected chi connectivity index (χ3v) is 5.67. The maximum absolute atomic E-state index is 12.8. The van der Waals surface area contributed by atoms with Gasteiger partial charge in [0.05, 0.1) is 6.61 Å². The van der Waals surface area contributed by atoms with Gasteiger partial charge >= 0.3 is 6.03 Å². The van der Waals surface area contributed by atoms with Gasteiger partial charge < -0.3 is 19.3 Å².